The highest BCUT2D eigenvalue weighted by Gasteiger charge is 2.03. The first-order valence-electron chi connectivity index (χ1n) is 7.16. The van der Waals surface area contributed by atoms with Gasteiger partial charge in [-0.1, -0.05) is 19.1 Å². The second kappa shape index (κ2) is 6.59. The van der Waals surface area contributed by atoms with Gasteiger partial charge in [0.1, 0.15) is 10.8 Å². The zero-order valence-corrected chi connectivity index (χ0v) is 12.8. The second-order valence-electron chi connectivity index (χ2n) is 4.80. The molecular formula is C17H18N2OS. The SMILES string of the molecule is CCCOc1ccc(NCc2nc3ccccc3s2)cc1. The van der Waals surface area contributed by atoms with Crippen LogP contribution >= 0.6 is 11.3 Å². The van der Waals surface area contributed by atoms with E-state index in [0.29, 0.717) is 0 Å². The molecular weight excluding hydrogens is 280 g/mol. The Morgan fingerprint density at radius 1 is 1.10 bits per heavy atom. The number of fused-ring (bicyclic) bond motifs is 1. The Labute approximate surface area is 128 Å². The Kier molecular flexibility index (Phi) is 4.36. The second-order valence-corrected chi connectivity index (χ2v) is 5.92. The summed E-state index contributed by atoms with van der Waals surface area (Å²) < 4.78 is 6.81. The van der Waals surface area contributed by atoms with Gasteiger partial charge in [0.25, 0.3) is 0 Å². The molecule has 0 fully saturated rings. The van der Waals surface area contributed by atoms with Crippen molar-refractivity contribution in [2.45, 2.75) is 19.9 Å². The average molecular weight is 298 g/mol. The lowest BCUT2D eigenvalue weighted by atomic mass is 10.3. The monoisotopic (exact) mass is 298 g/mol. The van der Waals surface area contributed by atoms with Gasteiger partial charge in [-0.25, -0.2) is 4.98 Å². The fraction of sp³-hybridized carbons (Fsp3) is 0.235. The predicted molar refractivity (Wildman–Crippen MR) is 89.2 cm³/mol. The van der Waals surface area contributed by atoms with Crippen LogP contribution in [0.1, 0.15) is 18.4 Å². The average Bonchev–Trinajstić information content (AvgIpc) is 2.95. The Balaban J connectivity index is 1.61. The van der Waals surface area contributed by atoms with E-state index in [-0.39, 0.29) is 0 Å². The summed E-state index contributed by atoms with van der Waals surface area (Å²) in [5.41, 5.74) is 2.15. The highest BCUT2D eigenvalue weighted by atomic mass is 32.1. The first kappa shape index (κ1) is 13.9. The molecule has 0 aliphatic carbocycles. The third-order valence-corrected chi connectivity index (χ3v) is 4.15. The van der Waals surface area contributed by atoms with Crippen LogP contribution in [0.4, 0.5) is 5.69 Å². The fourth-order valence-electron chi connectivity index (χ4n) is 2.06. The zero-order chi connectivity index (χ0) is 14.5. The summed E-state index contributed by atoms with van der Waals surface area (Å²) in [7, 11) is 0. The van der Waals surface area contributed by atoms with Gasteiger partial charge >= 0.3 is 0 Å². The minimum absolute atomic E-state index is 0.745. The highest BCUT2D eigenvalue weighted by Crippen LogP contribution is 2.23. The molecule has 0 spiro atoms. The summed E-state index contributed by atoms with van der Waals surface area (Å²) in [6, 6.07) is 16.3. The van der Waals surface area contributed by atoms with Crippen molar-refractivity contribution in [1.82, 2.24) is 4.98 Å². The number of nitrogens with one attached hydrogen (secondary N) is 1. The summed E-state index contributed by atoms with van der Waals surface area (Å²) in [5.74, 6) is 0.919. The first-order valence-corrected chi connectivity index (χ1v) is 7.98. The lowest BCUT2D eigenvalue weighted by molar-refractivity contribution is 0.317. The van der Waals surface area contributed by atoms with Crippen molar-refractivity contribution in [3.05, 3.63) is 53.5 Å². The molecule has 0 saturated carbocycles. The third kappa shape index (κ3) is 3.52. The van der Waals surface area contributed by atoms with E-state index >= 15 is 0 Å². The number of rotatable bonds is 6. The Hall–Kier alpha value is -2.07. The van der Waals surface area contributed by atoms with Crippen molar-refractivity contribution in [3.63, 3.8) is 0 Å². The van der Waals surface area contributed by atoms with Crippen LogP contribution in [0.3, 0.4) is 0 Å². The summed E-state index contributed by atoms with van der Waals surface area (Å²) in [4.78, 5) is 4.62. The normalized spacial score (nSPS) is 10.7. The van der Waals surface area contributed by atoms with Crippen molar-refractivity contribution >= 4 is 27.2 Å². The Morgan fingerprint density at radius 2 is 1.90 bits per heavy atom. The van der Waals surface area contributed by atoms with Gasteiger partial charge in [-0.15, -0.1) is 11.3 Å². The van der Waals surface area contributed by atoms with Crippen LogP contribution in [0.15, 0.2) is 48.5 Å². The van der Waals surface area contributed by atoms with Gasteiger partial charge in [-0.3, -0.25) is 0 Å². The van der Waals surface area contributed by atoms with Crippen LogP contribution in [0.25, 0.3) is 10.2 Å². The number of nitrogens with zero attached hydrogens (tertiary/aromatic N) is 1. The number of benzene rings is 2. The topological polar surface area (TPSA) is 34.1 Å². The minimum atomic E-state index is 0.745. The molecule has 0 atom stereocenters. The molecule has 0 aliphatic rings. The quantitative estimate of drug-likeness (QED) is 0.716. The zero-order valence-electron chi connectivity index (χ0n) is 12.0. The number of hydrogen-bond acceptors (Lipinski definition) is 4. The number of anilines is 1. The largest absolute Gasteiger partial charge is 0.494 e. The molecule has 0 unspecified atom stereocenters. The van der Waals surface area contributed by atoms with Crippen LogP contribution < -0.4 is 10.1 Å². The van der Waals surface area contributed by atoms with E-state index in [2.05, 4.69) is 29.4 Å². The van der Waals surface area contributed by atoms with Gasteiger partial charge in [0.15, 0.2) is 0 Å². The lowest BCUT2D eigenvalue weighted by Gasteiger charge is -2.07. The standard InChI is InChI=1S/C17H18N2OS/c1-2-11-20-14-9-7-13(8-10-14)18-12-17-19-15-5-3-4-6-16(15)21-17/h3-10,18H,2,11-12H2,1H3. The molecule has 1 N–H and O–H groups in total. The fourth-order valence-corrected chi connectivity index (χ4v) is 2.97. The molecule has 4 heteroatoms. The summed E-state index contributed by atoms with van der Waals surface area (Å²) in [6.07, 6.45) is 1.03. The molecule has 2 aromatic carbocycles. The maximum atomic E-state index is 5.57. The van der Waals surface area contributed by atoms with E-state index in [0.717, 1.165) is 41.5 Å². The number of hydrogen-bond donors (Lipinski definition) is 1. The van der Waals surface area contributed by atoms with Crippen LogP contribution in [0.5, 0.6) is 5.75 Å². The molecule has 21 heavy (non-hydrogen) atoms. The third-order valence-electron chi connectivity index (χ3n) is 3.11. The van der Waals surface area contributed by atoms with E-state index < -0.39 is 0 Å². The van der Waals surface area contributed by atoms with Crippen LogP contribution in [-0.4, -0.2) is 11.6 Å². The van der Waals surface area contributed by atoms with Crippen molar-refractivity contribution in [2.24, 2.45) is 0 Å². The Bertz CT molecular complexity index is 673. The molecule has 1 heterocycles. The van der Waals surface area contributed by atoms with Gasteiger partial charge in [0.05, 0.1) is 23.4 Å². The number of para-hydroxylation sites is 1. The summed E-state index contributed by atoms with van der Waals surface area (Å²) >= 11 is 1.73. The van der Waals surface area contributed by atoms with E-state index in [1.807, 2.05) is 36.4 Å². The molecule has 3 aromatic rings. The number of ether oxygens (including phenoxy) is 1. The maximum absolute atomic E-state index is 5.57. The van der Waals surface area contributed by atoms with Gasteiger partial charge in [-0.2, -0.15) is 0 Å². The molecule has 0 aliphatic heterocycles. The first-order chi connectivity index (χ1) is 10.3. The van der Waals surface area contributed by atoms with Crippen molar-refractivity contribution < 1.29 is 4.74 Å². The van der Waals surface area contributed by atoms with Crippen molar-refractivity contribution in [3.8, 4) is 5.75 Å². The van der Waals surface area contributed by atoms with Gasteiger partial charge in [0, 0.05) is 5.69 Å². The molecule has 0 amide bonds. The highest BCUT2D eigenvalue weighted by molar-refractivity contribution is 7.18. The number of thiazole rings is 1. The van der Waals surface area contributed by atoms with Crippen LogP contribution in [0, 0.1) is 0 Å². The summed E-state index contributed by atoms with van der Waals surface area (Å²) in [6.45, 7) is 3.61. The molecule has 1 aromatic heterocycles. The molecule has 3 rings (SSSR count). The Morgan fingerprint density at radius 3 is 2.67 bits per heavy atom. The van der Waals surface area contributed by atoms with E-state index in [4.69, 9.17) is 4.74 Å². The van der Waals surface area contributed by atoms with Crippen molar-refractivity contribution in [2.75, 3.05) is 11.9 Å². The van der Waals surface area contributed by atoms with Gasteiger partial charge in [0.2, 0.25) is 0 Å². The van der Waals surface area contributed by atoms with E-state index in [1.165, 1.54) is 4.70 Å². The van der Waals surface area contributed by atoms with Crippen molar-refractivity contribution in [1.29, 1.82) is 0 Å². The predicted octanol–water partition coefficient (Wildman–Crippen LogP) is 4.70. The number of aromatic nitrogens is 1. The molecule has 108 valence electrons. The van der Waals surface area contributed by atoms with Gasteiger partial charge < -0.3 is 10.1 Å². The summed E-state index contributed by atoms with van der Waals surface area (Å²) in [5, 5.41) is 4.50. The van der Waals surface area contributed by atoms with E-state index in [9.17, 15) is 0 Å². The lowest BCUT2D eigenvalue weighted by Crippen LogP contribution is -1.99. The minimum Gasteiger partial charge on any atom is -0.494 e. The molecule has 0 saturated heterocycles. The van der Waals surface area contributed by atoms with Gasteiger partial charge in [-0.05, 0) is 42.8 Å². The molecule has 0 radical (unpaired) electrons. The van der Waals surface area contributed by atoms with E-state index in [1.54, 1.807) is 11.3 Å². The van der Waals surface area contributed by atoms with Crippen LogP contribution in [0.2, 0.25) is 0 Å². The smallest absolute Gasteiger partial charge is 0.119 e. The molecule has 3 nitrogen and oxygen atoms in total. The van der Waals surface area contributed by atoms with Crippen LogP contribution in [-0.2, 0) is 6.54 Å². The maximum Gasteiger partial charge on any atom is 0.119 e. The molecule has 0 bridgehead atoms.